The molecular weight excluding hydrogens is 212 g/mol. The van der Waals surface area contributed by atoms with Crippen LogP contribution in [0, 0.1) is 0 Å². The number of benzene rings is 1. The molecule has 84 valence electrons. The van der Waals surface area contributed by atoms with Crippen LogP contribution in [0.2, 0.25) is 0 Å². The molecule has 2 aromatic heterocycles. The molecule has 0 aliphatic rings. The molecule has 0 atom stereocenters. The third-order valence-electron chi connectivity index (χ3n) is 2.79. The van der Waals surface area contributed by atoms with Crippen LogP contribution in [0.15, 0.2) is 48.7 Å². The normalized spacial score (nSPS) is 10.8. The van der Waals surface area contributed by atoms with Crippen molar-refractivity contribution >= 4 is 11.3 Å². The zero-order chi connectivity index (χ0) is 11.7. The van der Waals surface area contributed by atoms with Crippen LogP contribution >= 0.6 is 0 Å². The van der Waals surface area contributed by atoms with Crippen molar-refractivity contribution in [2.75, 3.05) is 5.73 Å². The molecular formula is C13H12N4. The monoisotopic (exact) mass is 224 g/mol. The Hall–Kier alpha value is -2.36. The number of anilines is 1. The smallest absolute Gasteiger partial charge is 0.160 e. The highest BCUT2D eigenvalue weighted by molar-refractivity contribution is 5.48. The van der Waals surface area contributed by atoms with E-state index in [9.17, 15) is 0 Å². The Balaban J connectivity index is 2.03. The molecule has 17 heavy (non-hydrogen) atoms. The van der Waals surface area contributed by atoms with Gasteiger partial charge in [-0.05, 0) is 23.8 Å². The van der Waals surface area contributed by atoms with E-state index in [0.717, 1.165) is 22.7 Å². The van der Waals surface area contributed by atoms with E-state index in [1.54, 1.807) is 0 Å². The van der Waals surface area contributed by atoms with Crippen LogP contribution in [0.25, 0.3) is 5.65 Å². The first-order valence-corrected chi connectivity index (χ1v) is 5.46. The Bertz CT molecular complexity index is 657. The van der Waals surface area contributed by atoms with Crippen molar-refractivity contribution < 1.29 is 0 Å². The summed E-state index contributed by atoms with van der Waals surface area (Å²) in [4.78, 5) is 0. The van der Waals surface area contributed by atoms with Gasteiger partial charge in [0.2, 0.25) is 0 Å². The van der Waals surface area contributed by atoms with Gasteiger partial charge in [-0.15, -0.1) is 10.2 Å². The van der Waals surface area contributed by atoms with Gasteiger partial charge >= 0.3 is 0 Å². The summed E-state index contributed by atoms with van der Waals surface area (Å²) in [7, 11) is 0. The topological polar surface area (TPSA) is 56.2 Å². The second-order valence-corrected chi connectivity index (χ2v) is 3.92. The molecule has 0 spiro atoms. The fourth-order valence-corrected chi connectivity index (χ4v) is 1.88. The van der Waals surface area contributed by atoms with Gasteiger partial charge in [0.1, 0.15) is 5.82 Å². The van der Waals surface area contributed by atoms with Gasteiger partial charge in [-0.2, -0.15) is 0 Å². The summed E-state index contributed by atoms with van der Waals surface area (Å²) in [6, 6.07) is 13.7. The number of hydrogen-bond acceptors (Lipinski definition) is 3. The molecule has 4 nitrogen and oxygen atoms in total. The molecule has 4 heteroatoms. The van der Waals surface area contributed by atoms with E-state index in [1.807, 2.05) is 53.1 Å². The summed E-state index contributed by atoms with van der Waals surface area (Å²) >= 11 is 0. The Morgan fingerprint density at radius 3 is 2.71 bits per heavy atom. The molecule has 0 bridgehead atoms. The lowest BCUT2D eigenvalue weighted by atomic mass is 10.1. The predicted molar refractivity (Wildman–Crippen MR) is 66.6 cm³/mol. The van der Waals surface area contributed by atoms with Gasteiger partial charge < -0.3 is 5.73 Å². The minimum atomic E-state index is 0.692. The van der Waals surface area contributed by atoms with Gasteiger partial charge in [0.15, 0.2) is 5.65 Å². The lowest BCUT2D eigenvalue weighted by molar-refractivity contribution is 0.936. The number of aromatic nitrogens is 3. The Morgan fingerprint density at radius 2 is 1.82 bits per heavy atom. The fourth-order valence-electron chi connectivity index (χ4n) is 1.88. The summed E-state index contributed by atoms with van der Waals surface area (Å²) in [5.74, 6) is 0.901. The lowest BCUT2D eigenvalue weighted by Gasteiger charge is -2.03. The predicted octanol–water partition coefficient (Wildman–Crippen LogP) is 1.90. The van der Waals surface area contributed by atoms with Gasteiger partial charge in [-0.1, -0.05) is 24.3 Å². The molecule has 1 aromatic carbocycles. The third-order valence-corrected chi connectivity index (χ3v) is 2.79. The molecule has 0 radical (unpaired) electrons. The number of rotatable bonds is 2. The summed E-state index contributed by atoms with van der Waals surface area (Å²) in [5.41, 5.74) is 8.65. The van der Waals surface area contributed by atoms with Crippen LogP contribution in [-0.4, -0.2) is 14.6 Å². The second kappa shape index (κ2) is 3.90. The van der Waals surface area contributed by atoms with E-state index in [4.69, 9.17) is 5.73 Å². The molecule has 2 heterocycles. The van der Waals surface area contributed by atoms with Gasteiger partial charge in [0.25, 0.3) is 0 Å². The van der Waals surface area contributed by atoms with Crippen LogP contribution < -0.4 is 5.73 Å². The minimum absolute atomic E-state index is 0.692. The number of nitrogens with zero attached hydrogens (tertiary/aromatic N) is 3. The Morgan fingerprint density at radius 1 is 1.00 bits per heavy atom. The number of hydrogen-bond donors (Lipinski definition) is 1. The van der Waals surface area contributed by atoms with Gasteiger partial charge in [-0.25, -0.2) is 0 Å². The van der Waals surface area contributed by atoms with E-state index < -0.39 is 0 Å². The lowest BCUT2D eigenvalue weighted by Crippen LogP contribution is -1.99. The summed E-state index contributed by atoms with van der Waals surface area (Å²) in [6.45, 7) is 0. The van der Waals surface area contributed by atoms with Crippen LogP contribution in [0.1, 0.15) is 11.4 Å². The standard InChI is InChI=1S/C13H12N4/c14-11-6-2-1-5-10(11)9-13-16-15-12-7-3-4-8-17(12)13/h1-8H,9,14H2. The van der Waals surface area contributed by atoms with Crippen molar-refractivity contribution in [3.8, 4) is 0 Å². The summed E-state index contributed by atoms with van der Waals surface area (Å²) < 4.78 is 1.98. The molecule has 0 unspecified atom stereocenters. The highest BCUT2D eigenvalue weighted by atomic mass is 15.2. The van der Waals surface area contributed by atoms with Gasteiger partial charge in [0, 0.05) is 18.3 Å². The molecule has 3 aromatic rings. The van der Waals surface area contributed by atoms with Crippen molar-refractivity contribution in [2.45, 2.75) is 6.42 Å². The number of nitrogen functional groups attached to an aromatic ring is 1. The quantitative estimate of drug-likeness (QED) is 0.676. The molecule has 0 amide bonds. The van der Waals surface area contributed by atoms with E-state index >= 15 is 0 Å². The van der Waals surface area contributed by atoms with Crippen molar-refractivity contribution in [3.05, 3.63) is 60.0 Å². The highest BCUT2D eigenvalue weighted by Crippen LogP contribution is 2.15. The number of nitrogens with two attached hydrogens (primary N) is 1. The molecule has 0 saturated carbocycles. The van der Waals surface area contributed by atoms with Crippen LogP contribution in [0.3, 0.4) is 0 Å². The molecule has 3 rings (SSSR count). The average molecular weight is 224 g/mol. The van der Waals surface area contributed by atoms with Crippen LogP contribution in [0.4, 0.5) is 5.69 Å². The van der Waals surface area contributed by atoms with E-state index in [1.165, 1.54) is 0 Å². The molecule has 2 N–H and O–H groups in total. The van der Waals surface area contributed by atoms with Crippen molar-refractivity contribution in [1.82, 2.24) is 14.6 Å². The van der Waals surface area contributed by atoms with Gasteiger partial charge in [-0.3, -0.25) is 4.40 Å². The maximum atomic E-state index is 5.92. The van der Waals surface area contributed by atoms with Gasteiger partial charge in [0.05, 0.1) is 0 Å². The van der Waals surface area contributed by atoms with Crippen molar-refractivity contribution in [1.29, 1.82) is 0 Å². The molecule has 0 aliphatic carbocycles. The van der Waals surface area contributed by atoms with E-state index in [2.05, 4.69) is 10.2 Å². The van der Waals surface area contributed by atoms with Crippen LogP contribution in [-0.2, 0) is 6.42 Å². The molecule has 0 aliphatic heterocycles. The first-order chi connectivity index (χ1) is 8.34. The highest BCUT2D eigenvalue weighted by Gasteiger charge is 2.06. The first-order valence-electron chi connectivity index (χ1n) is 5.46. The number of fused-ring (bicyclic) bond motifs is 1. The maximum Gasteiger partial charge on any atom is 0.160 e. The summed E-state index contributed by atoms with van der Waals surface area (Å²) in [5, 5.41) is 8.31. The summed E-state index contributed by atoms with van der Waals surface area (Å²) in [6.07, 6.45) is 2.65. The third kappa shape index (κ3) is 1.73. The SMILES string of the molecule is Nc1ccccc1Cc1nnc2ccccn12. The van der Waals surface area contributed by atoms with Crippen molar-refractivity contribution in [3.63, 3.8) is 0 Å². The minimum Gasteiger partial charge on any atom is -0.398 e. The zero-order valence-electron chi connectivity index (χ0n) is 9.24. The Labute approximate surface area is 98.7 Å². The van der Waals surface area contributed by atoms with E-state index in [-0.39, 0.29) is 0 Å². The first kappa shape index (κ1) is 9.84. The molecule has 0 saturated heterocycles. The van der Waals surface area contributed by atoms with Crippen LogP contribution in [0.5, 0.6) is 0 Å². The number of pyridine rings is 1. The Kier molecular flexibility index (Phi) is 2.26. The zero-order valence-corrected chi connectivity index (χ0v) is 9.24. The second-order valence-electron chi connectivity index (χ2n) is 3.92. The fraction of sp³-hybridized carbons (Fsp3) is 0.0769. The largest absolute Gasteiger partial charge is 0.398 e. The maximum absolute atomic E-state index is 5.92. The van der Waals surface area contributed by atoms with Crippen molar-refractivity contribution in [2.24, 2.45) is 0 Å². The van der Waals surface area contributed by atoms with E-state index in [0.29, 0.717) is 6.42 Å². The molecule has 0 fully saturated rings. The number of para-hydroxylation sites is 1. The average Bonchev–Trinajstić information content (AvgIpc) is 2.76.